The normalized spacial score (nSPS) is 17.8. The van der Waals surface area contributed by atoms with Crippen LogP contribution in [-0.4, -0.2) is 26.0 Å². The van der Waals surface area contributed by atoms with E-state index in [1.54, 1.807) is 0 Å². The number of carbonyl (C=O) groups is 1. The maximum atomic E-state index is 13.1. The summed E-state index contributed by atoms with van der Waals surface area (Å²) in [5, 5.41) is 9.01. The quantitative estimate of drug-likeness (QED) is 0.865. The van der Waals surface area contributed by atoms with Gasteiger partial charge in [0.2, 0.25) is 10.0 Å². The van der Waals surface area contributed by atoms with Crippen LogP contribution in [0.2, 0.25) is 5.02 Å². The van der Waals surface area contributed by atoms with E-state index in [9.17, 15) is 22.7 Å². The first kappa shape index (κ1) is 16.2. The van der Waals surface area contributed by atoms with Gasteiger partial charge >= 0.3 is 5.97 Å². The van der Waals surface area contributed by atoms with Gasteiger partial charge in [0.05, 0.1) is 15.3 Å². The first-order chi connectivity index (χ1) is 9.77. The van der Waals surface area contributed by atoms with E-state index in [2.05, 4.69) is 4.72 Å². The van der Waals surface area contributed by atoms with Gasteiger partial charge in [-0.05, 0) is 31.0 Å². The van der Waals surface area contributed by atoms with Crippen LogP contribution in [0.5, 0.6) is 0 Å². The molecule has 0 radical (unpaired) electrons. The van der Waals surface area contributed by atoms with Crippen LogP contribution in [0.4, 0.5) is 4.39 Å². The van der Waals surface area contributed by atoms with Crippen LogP contribution in [0.15, 0.2) is 23.1 Å². The second-order valence-corrected chi connectivity index (χ2v) is 7.37. The first-order valence-electron chi connectivity index (χ1n) is 6.45. The number of nitrogens with one attached hydrogen (secondary N) is 1. The number of hydrogen-bond donors (Lipinski definition) is 2. The summed E-state index contributed by atoms with van der Waals surface area (Å²) >= 11 is 5.56. The number of rotatable bonds is 5. The molecule has 0 unspecified atom stereocenters. The van der Waals surface area contributed by atoms with Crippen molar-refractivity contribution in [3.63, 3.8) is 0 Å². The van der Waals surface area contributed by atoms with Crippen molar-refractivity contribution in [2.24, 2.45) is 5.41 Å². The fraction of sp³-hybridized carbons (Fsp3) is 0.462. The third kappa shape index (κ3) is 3.36. The molecule has 0 aromatic heterocycles. The van der Waals surface area contributed by atoms with Crippen molar-refractivity contribution < 1.29 is 22.7 Å². The molecule has 1 aromatic carbocycles. The van der Waals surface area contributed by atoms with Crippen LogP contribution >= 0.6 is 11.6 Å². The second kappa shape index (κ2) is 5.90. The lowest BCUT2D eigenvalue weighted by Crippen LogP contribution is -2.41. The summed E-state index contributed by atoms with van der Waals surface area (Å²) in [5.74, 6) is -1.71. The summed E-state index contributed by atoms with van der Waals surface area (Å²) in [6, 6.07) is 3.05. The molecule has 21 heavy (non-hydrogen) atoms. The lowest BCUT2D eigenvalue weighted by Gasteiger charge is -2.23. The van der Waals surface area contributed by atoms with Gasteiger partial charge in [-0.1, -0.05) is 24.4 Å². The molecule has 1 aliphatic rings. The summed E-state index contributed by atoms with van der Waals surface area (Å²) in [6.45, 7) is -0.181. The third-order valence-corrected chi connectivity index (χ3v) is 5.50. The van der Waals surface area contributed by atoms with Gasteiger partial charge in [0, 0.05) is 6.54 Å². The summed E-state index contributed by atoms with van der Waals surface area (Å²) < 4.78 is 39.6. The highest BCUT2D eigenvalue weighted by Crippen LogP contribution is 2.38. The number of halogens is 2. The molecule has 0 bridgehead atoms. The van der Waals surface area contributed by atoms with Gasteiger partial charge in [0.1, 0.15) is 5.82 Å². The lowest BCUT2D eigenvalue weighted by atomic mass is 9.87. The molecule has 0 saturated heterocycles. The Balaban J connectivity index is 2.17. The number of carboxylic acids is 1. The molecule has 0 atom stereocenters. The van der Waals surface area contributed by atoms with E-state index in [1.807, 2.05) is 0 Å². The standard InChI is InChI=1S/C13H15ClFNO4S/c14-10-7-9(3-4-11(10)15)21(19,20)16-8-13(12(17)18)5-1-2-6-13/h3-4,7,16H,1-2,5-6,8H2,(H,17,18). The minimum Gasteiger partial charge on any atom is -0.481 e. The van der Waals surface area contributed by atoms with Crippen LogP contribution in [0.25, 0.3) is 0 Å². The minimum atomic E-state index is -3.92. The Kier molecular flexibility index (Phi) is 4.55. The molecule has 0 spiro atoms. The highest BCUT2D eigenvalue weighted by molar-refractivity contribution is 7.89. The van der Waals surface area contributed by atoms with Gasteiger partial charge in [-0.15, -0.1) is 0 Å². The maximum absolute atomic E-state index is 13.1. The van der Waals surface area contributed by atoms with Gasteiger partial charge < -0.3 is 5.11 Å². The Hall–Kier alpha value is -1.18. The van der Waals surface area contributed by atoms with Gasteiger partial charge in [0.25, 0.3) is 0 Å². The van der Waals surface area contributed by atoms with E-state index in [-0.39, 0.29) is 16.5 Å². The Morgan fingerprint density at radius 2 is 2.00 bits per heavy atom. The molecule has 1 aromatic rings. The molecular weight excluding hydrogens is 321 g/mol. The Morgan fingerprint density at radius 3 is 2.52 bits per heavy atom. The average Bonchev–Trinajstić information content (AvgIpc) is 2.90. The maximum Gasteiger partial charge on any atom is 0.310 e. The molecule has 2 rings (SSSR count). The van der Waals surface area contributed by atoms with Crippen molar-refractivity contribution in [1.29, 1.82) is 0 Å². The fourth-order valence-electron chi connectivity index (χ4n) is 2.48. The van der Waals surface area contributed by atoms with Gasteiger partial charge in [-0.2, -0.15) is 0 Å². The van der Waals surface area contributed by atoms with Crippen LogP contribution in [0.1, 0.15) is 25.7 Å². The first-order valence-corrected chi connectivity index (χ1v) is 8.31. The minimum absolute atomic E-state index is 0.181. The van der Waals surface area contributed by atoms with Crippen molar-refractivity contribution >= 4 is 27.6 Å². The van der Waals surface area contributed by atoms with Crippen LogP contribution in [0.3, 0.4) is 0 Å². The second-order valence-electron chi connectivity index (χ2n) is 5.19. The molecule has 1 aliphatic carbocycles. The zero-order chi connectivity index (χ0) is 15.7. The highest BCUT2D eigenvalue weighted by Gasteiger charge is 2.42. The molecule has 0 aliphatic heterocycles. The van der Waals surface area contributed by atoms with E-state index >= 15 is 0 Å². The van der Waals surface area contributed by atoms with Crippen molar-refractivity contribution in [2.45, 2.75) is 30.6 Å². The van der Waals surface area contributed by atoms with Crippen LogP contribution in [-0.2, 0) is 14.8 Å². The van der Waals surface area contributed by atoms with E-state index in [1.165, 1.54) is 0 Å². The summed E-state index contributed by atoms with van der Waals surface area (Å²) in [4.78, 5) is 11.2. The van der Waals surface area contributed by atoms with Crippen molar-refractivity contribution in [3.05, 3.63) is 29.0 Å². The van der Waals surface area contributed by atoms with E-state index in [0.717, 1.165) is 31.0 Å². The Morgan fingerprint density at radius 1 is 1.38 bits per heavy atom. The summed E-state index contributed by atoms with van der Waals surface area (Å²) in [7, 11) is -3.92. The number of hydrogen-bond acceptors (Lipinski definition) is 3. The topological polar surface area (TPSA) is 83.5 Å². The Bertz CT molecular complexity index is 656. The van der Waals surface area contributed by atoms with Crippen LogP contribution < -0.4 is 4.72 Å². The van der Waals surface area contributed by atoms with Gasteiger partial charge in [0.15, 0.2) is 0 Å². The molecule has 0 amide bonds. The molecule has 5 nitrogen and oxygen atoms in total. The van der Waals surface area contributed by atoms with Gasteiger partial charge in [-0.25, -0.2) is 17.5 Å². The zero-order valence-corrected chi connectivity index (χ0v) is 12.7. The predicted molar refractivity (Wildman–Crippen MR) is 75.1 cm³/mol. The molecule has 0 heterocycles. The number of carboxylic acid groups (broad SMARTS) is 1. The molecule has 8 heteroatoms. The smallest absolute Gasteiger partial charge is 0.310 e. The number of sulfonamides is 1. The van der Waals surface area contributed by atoms with Gasteiger partial charge in [-0.3, -0.25) is 4.79 Å². The molecule has 1 fully saturated rings. The Labute approximate surface area is 127 Å². The number of aliphatic carboxylic acids is 1. The predicted octanol–water partition coefficient (Wildman–Crippen LogP) is 2.40. The molecule has 2 N–H and O–H groups in total. The van der Waals surface area contributed by atoms with E-state index < -0.39 is 27.2 Å². The molecule has 116 valence electrons. The molecular formula is C13H15ClFNO4S. The summed E-state index contributed by atoms with van der Waals surface area (Å²) in [5.41, 5.74) is -1.06. The van der Waals surface area contributed by atoms with E-state index in [4.69, 9.17) is 11.6 Å². The lowest BCUT2D eigenvalue weighted by molar-refractivity contribution is -0.148. The largest absolute Gasteiger partial charge is 0.481 e. The van der Waals surface area contributed by atoms with Crippen molar-refractivity contribution in [2.75, 3.05) is 6.54 Å². The van der Waals surface area contributed by atoms with Crippen LogP contribution in [0, 0.1) is 11.2 Å². The van der Waals surface area contributed by atoms with E-state index in [0.29, 0.717) is 12.8 Å². The zero-order valence-electron chi connectivity index (χ0n) is 11.1. The van der Waals surface area contributed by atoms with Crippen molar-refractivity contribution in [3.8, 4) is 0 Å². The van der Waals surface area contributed by atoms with Crippen molar-refractivity contribution in [1.82, 2.24) is 4.72 Å². The molecule has 1 saturated carbocycles. The fourth-order valence-corrected chi connectivity index (χ4v) is 3.88. The SMILES string of the molecule is O=C(O)C1(CNS(=O)(=O)c2ccc(F)c(Cl)c2)CCCC1. The monoisotopic (exact) mass is 335 g/mol. The third-order valence-electron chi connectivity index (χ3n) is 3.82. The highest BCUT2D eigenvalue weighted by atomic mass is 35.5. The average molecular weight is 336 g/mol. The number of benzene rings is 1. The summed E-state index contributed by atoms with van der Waals surface area (Å²) in [6.07, 6.45) is 2.40.